The van der Waals surface area contributed by atoms with Crippen molar-refractivity contribution >= 4 is 0 Å². The molecule has 0 heterocycles. The lowest BCUT2D eigenvalue weighted by atomic mass is 9.73. The molecule has 3 unspecified atom stereocenters. The van der Waals surface area contributed by atoms with Crippen molar-refractivity contribution in [1.29, 1.82) is 0 Å². The van der Waals surface area contributed by atoms with E-state index in [1.54, 1.807) is 11.1 Å². The first-order chi connectivity index (χ1) is 17.6. The molecule has 0 spiro atoms. The topological polar surface area (TPSA) is 20.2 Å². The smallest absolute Gasteiger partial charge is 0.0615 e. The molecule has 0 aliphatic rings. The molecular weight excluding hydrogens is 460 g/mol. The molecule has 0 aliphatic heterocycles. The summed E-state index contributed by atoms with van der Waals surface area (Å²) in [5, 5.41) is 9.32. The molecule has 0 aromatic carbocycles. The second kappa shape index (κ2) is 16.9. The van der Waals surface area contributed by atoms with E-state index in [1.165, 1.54) is 62.5 Å². The van der Waals surface area contributed by atoms with E-state index in [2.05, 4.69) is 108 Å². The van der Waals surface area contributed by atoms with Crippen LogP contribution in [0.4, 0.5) is 0 Å². The Morgan fingerprint density at radius 1 is 0.500 bits per heavy atom. The third-order valence-corrected chi connectivity index (χ3v) is 11.2. The first-order valence-corrected chi connectivity index (χ1v) is 15.9. The van der Waals surface area contributed by atoms with E-state index in [4.69, 9.17) is 0 Å². The van der Waals surface area contributed by atoms with Gasteiger partial charge in [0.25, 0.3) is 0 Å². The number of rotatable bonds is 19. The third-order valence-electron chi connectivity index (χ3n) is 11.2. The summed E-state index contributed by atoms with van der Waals surface area (Å²) in [5.74, 6) is 0. The predicted molar refractivity (Wildman–Crippen MR) is 174 cm³/mol. The van der Waals surface area contributed by atoms with E-state index >= 15 is 0 Å². The van der Waals surface area contributed by atoms with Gasteiger partial charge in [-0.15, -0.1) is 0 Å². The number of hydrogen-bond acceptors (Lipinski definition) is 1. The van der Waals surface area contributed by atoms with E-state index in [0.29, 0.717) is 5.41 Å². The lowest BCUT2D eigenvalue weighted by Gasteiger charge is -2.32. The molecule has 0 aromatic rings. The van der Waals surface area contributed by atoms with Gasteiger partial charge in [0.2, 0.25) is 0 Å². The van der Waals surface area contributed by atoms with Crippen LogP contribution in [0.1, 0.15) is 161 Å². The average Bonchev–Trinajstić information content (AvgIpc) is 2.90. The van der Waals surface area contributed by atoms with Crippen LogP contribution >= 0.6 is 0 Å². The van der Waals surface area contributed by atoms with Crippen molar-refractivity contribution in [3.63, 3.8) is 0 Å². The minimum absolute atomic E-state index is 0.147. The molecule has 222 valence electrons. The summed E-state index contributed by atoms with van der Waals surface area (Å²) in [6, 6.07) is 0. The highest BCUT2D eigenvalue weighted by atomic mass is 16.2. The van der Waals surface area contributed by atoms with Gasteiger partial charge < -0.3 is 5.11 Å². The predicted octanol–water partition coefficient (Wildman–Crippen LogP) is 12.2. The Morgan fingerprint density at radius 2 is 0.868 bits per heavy atom. The van der Waals surface area contributed by atoms with Gasteiger partial charge in [0.05, 0.1) is 6.61 Å². The highest BCUT2D eigenvalue weighted by Gasteiger charge is 2.27. The molecule has 1 N–H and O–H groups in total. The largest absolute Gasteiger partial charge is 0.392 e. The maximum absolute atomic E-state index is 9.32. The summed E-state index contributed by atoms with van der Waals surface area (Å²) in [6.07, 6.45) is 22.6. The van der Waals surface area contributed by atoms with E-state index < -0.39 is 0 Å². The maximum Gasteiger partial charge on any atom is 0.0615 e. The van der Waals surface area contributed by atoms with E-state index in [0.717, 1.165) is 19.3 Å². The molecule has 0 rings (SSSR count). The molecule has 1 nitrogen and oxygen atoms in total. The zero-order valence-electron chi connectivity index (χ0n) is 28.2. The Morgan fingerprint density at radius 3 is 1.26 bits per heavy atom. The minimum atomic E-state index is 0.147. The first kappa shape index (κ1) is 36.9. The van der Waals surface area contributed by atoms with E-state index in [9.17, 15) is 5.11 Å². The third kappa shape index (κ3) is 11.2. The summed E-state index contributed by atoms with van der Waals surface area (Å²) in [4.78, 5) is 0. The summed E-state index contributed by atoms with van der Waals surface area (Å²) < 4.78 is 0. The lowest BCUT2D eigenvalue weighted by Crippen LogP contribution is -2.19. The molecule has 0 fully saturated rings. The van der Waals surface area contributed by atoms with Gasteiger partial charge in [0.1, 0.15) is 0 Å². The molecule has 0 amide bonds. The molecule has 38 heavy (non-hydrogen) atoms. The van der Waals surface area contributed by atoms with Gasteiger partial charge in [-0.1, -0.05) is 109 Å². The van der Waals surface area contributed by atoms with Crippen molar-refractivity contribution in [3.8, 4) is 0 Å². The van der Waals surface area contributed by atoms with Gasteiger partial charge in [-0.05, 0) is 120 Å². The Hall–Kier alpha value is -1.08. The van der Waals surface area contributed by atoms with Crippen LogP contribution in [0.2, 0.25) is 0 Å². The monoisotopic (exact) mass is 529 g/mol. The second-order valence-electron chi connectivity index (χ2n) is 13.7. The van der Waals surface area contributed by atoms with Crippen LogP contribution in [0, 0.1) is 21.7 Å². The molecule has 0 aromatic heterocycles. The fourth-order valence-corrected chi connectivity index (χ4v) is 5.41. The Balaban J connectivity index is 5.19. The average molecular weight is 529 g/mol. The Bertz CT molecular complexity index is 807. The number of hydrogen-bond donors (Lipinski definition) is 1. The van der Waals surface area contributed by atoms with Crippen molar-refractivity contribution in [3.05, 3.63) is 46.6 Å². The Kier molecular flexibility index (Phi) is 16.4. The van der Waals surface area contributed by atoms with E-state index in [1.807, 2.05) is 6.08 Å². The second-order valence-corrected chi connectivity index (χ2v) is 13.7. The summed E-state index contributed by atoms with van der Waals surface area (Å²) in [7, 11) is 0. The molecular formula is C37H68O. The molecule has 3 atom stereocenters. The van der Waals surface area contributed by atoms with Crippen molar-refractivity contribution in [2.24, 2.45) is 21.7 Å². The fraction of sp³-hybridized carbons (Fsp3) is 0.784. The van der Waals surface area contributed by atoms with Crippen LogP contribution < -0.4 is 0 Å². The zero-order chi connectivity index (χ0) is 29.6. The minimum Gasteiger partial charge on any atom is -0.392 e. The van der Waals surface area contributed by atoms with Gasteiger partial charge in [-0.25, -0.2) is 0 Å². The van der Waals surface area contributed by atoms with Crippen molar-refractivity contribution < 1.29 is 5.11 Å². The van der Waals surface area contributed by atoms with Gasteiger partial charge >= 0.3 is 0 Å². The molecule has 0 radical (unpaired) electrons. The van der Waals surface area contributed by atoms with Crippen molar-refractivity contribution in [1.82, 2.24) is 0 Å². The van der Waals surface area contributed by atoms with Gasteiger partial charge in [-0.3, -0.25) is 0 Å². The van der Waals surface area contributed by atoms with Gasteiger partial charge in [-0.2, -0.15) is 0 Å². The lowest BCUT2D eigenvalue weighted by molar-refractivity contribution is 0.317. The molecule has 0 bridgehead atoms. The van der Waals surface area contributed by atoms with Crippen molar-refractivity contribution in [2.45, 2.75) is 161 Å². The number of allylic oxidation sites excluding steroid dienone is 7. The molecule has 0 saturated heterocycles. The van der Waals surface area contributed by atoms with Crippen LogP contribution in [0.3, 0.4) is 0 Å². The molecule has 0 aliphatic carbocycles. The summed E-state index contributed by atoms with van der Waals surface area (Å²) >= 11 is 0. The quantitative estimate of drug-likeness (QED) is 0.130. The van der Waals surface area contributed by atoms with Gasteiger partial charge in [0.15, 0.2) is 0 Å². The maximum atomic E-state index is 9.32. The number of aliphatic hydroxyl groups is 1. The zero-order valence-corrected chi connectivity index (χ0v) is 28.2. The molecule has 0 saturated carbocycles. The number of aliphatic hydroxyl groups excluding tert-OH is 1. The first-order valence-electron chi connectivity index (χ1n) is 15.9. The molecule has 1 heteroatoms. The SMILES string of the molecule is CCC(C)(C)C(C)=CCCC(C)(CC)C(C)=CCCC(C)(CC)C(C)=CCCCC(C)(CC)C(C)=CCO. The van der Waals surface area contributed by atoms with Crippen LogP contribution in [0.5, 0.6) is 0 Å². The Labute approximate surface area is 240 Å². The summed E-state index contributed by atoms with van der Waals surface area (Å²) in [5.41, 5.74) is 7.08. The van der Waals surface area contributed by atoms with E-state index in [-0.39, 0.29) is 22.9 Å². The van der Waals surface area contributed by atoms with Gasteiger partial charge in [0, 0.05) is 0 Å². The van der Waals surface area contributed by atoms with Crippen LogP contribution in [0.25, 0.3) is 0 Å². The van der Waals surface area contributed by atoms with Crippen LogP contribution in [0.15, 0.2) is 46.6 Å². The normalized spacial score (nSPS) is 19.2. The van der Waals surface area contributed by atoms with Crippen LogP contribution in [-0.4, -0.2) is 11.7 Å². The standard InChI is InChI=1S/C37H68O/c1-14-34(9,10)30(5)23-20-27-37(13,17-4)32(7)24-21-28-36(12,16-3)31(6)22-18-19-26-35(11,15-2)33(8)25-29-38/h22-25,38H,14-21,26-29H2,1-13H3. The fourth-order valence-electron chi connectivity index (χ4n) is 5.41. The number of unbranched alkanes of at least 4 members (excludes halogenated alkanes) is 1. The highest BCUT2D eigenvalue weighted by Crippen LogP contribution is 2.41. The highest BCUT2D eigenvalue weighted by molar-refractivity contribution is 5.16. The van der Waals surface area contributed by atoms with Crippen LogP contribution in [-0.2, 0) is 0 Å². The van der Waals surface area contributed by atoms with Crippen molar-refractivity contribution in [2.75, 3.05) is 6.61 Å². The summed E-state index contributed by atoms with van der Waals surface area (Å²) in [6.45, 7) is 30.7.